The van der Waals surface area contributed by atoms with Crippen LogP contribution in [0.5, 0.6) is 0 Å². The van der Waals surface area contributed by atoms with Crippen LogP contribution in [0.3, 0.4) is 0 Å². The fourth-order valence-corrected chi connectivity index (χ4v) is 6.49. The van der Waals surface area contributed by atoms with Gasteiger partial charge in [0.15, 0.2) is 5.79 Å². The van der Waals surface area contributed by atoms with Crippen molar-refractivity contribution in [2.75, 3.05) is 6.61 Å². The van der Waals surface area contributed by atoms with Crippen LogP contribution >= 0.6 is 0 Å². The topological polar surface area (TPSA) is 46.5 Å². The van der Waals surface area contributed by atoms with Crippen LogP contribution in [0.1, 0.15) is 65.2 Å². The molecule has 21 heavy (non-hydrogen) atoms. The van der Waals surface area contributed by atoms with E-state index in [9.17, 15) is 9.90 Å². The van der Waals surface area contributed by atoms with Crippen molar-refractivity contribution in [2.24, 2.45) is 28.6 Å². The van der Waals surface area contributed by atoms with Crippen molar-refractivity contribution in [2.45, 2.75) is 71.0 Å². The molecule has 1 heterocycles. The Labute approximate surface area is 127 Å². The van der Waals surface area contributed by atoms with Crippen molar-refractivity contribution in [1.82, 2.24) is 0 Å². The van der Waals surface area contributed by atoms with Gasteiger partial charge in [-0.1, -0.05) is 13.8 Å². The van der Waals surface area contributed by atoms with Crippen molar-refractivity contribution in [3.05, 3.63) is 0 Å². The van der Waals surface area contributed by atoms with Gasteiger partial charge in [-0.25, -0.2) is 0 Å². The third-order valence-corrected chi connectivity index (χ3v) is 7.85. The Morgan fingerprint density at radius 2 is 1.90 bits per heavy atom. The van der Waals surface area contributed by atoms with Gasteiger partial charge in [-0.3, -0.25) is 4.79 Å². The lowest BCUT2D eigenvalue weighted by Gasteiger charge is -2.62. The second-order valence-corrected chi connectivity index (χ2v) is 8.49. The Morgan fingerprint density at radius 1 is 1.10 bits per heavy atom. The van der Waals surface area contributed by atoms with Crippen LogP contribution in [0.15, 0.2) is 0 Å². The average molecular weight is 292 g/mol. The Hall–Kier alpha value is -0.410. The predicted octanol–water partition coefficient (Wildman–Crippen LogP) is 3.30. The summed E-state index contributed by atoms with van der Waals surface area (Å²) in [4.78, 5) is 12.4. The summed E-state index contributed by atoms with van der Waals surface area (Å²) in [7, 11) is 0. The van der Waals surface area contributed by atoms with Gasteiger partial charge in [0.25, 0.3) is 0 Å². The maximum absolute atomic E-state index is 12.4. The summed E-state index contributed by atoms with van der Waals surface area (Å²) in [6, 6.07) is 0. The Kier molecular flexibility index (Phi) is 2.92. The maximum Gasteiger partial charge on any atom is 0.171 e. The van der Waals surface area contributed by atoms with Gasteiger partial charge in [-0.2, -0.15) is 0 Å². The lowest BCUT2D eigenvalue weighted by molar-refractivity contribution is -0.335. The second kappa shape index (κ2) is 4.32. The van der Waals surface area contributed by atoms with Gasteiger partial charge in [0.2, 0.25) is 0 Å². The molecule has 1 unspecified atom stereocenters. The number of fused-ring (bicyclic) bond motifs is 5. The minimum Gasteiger partial charge on any atom is -0.365 e. The molecule has 0 aromatic rings. The summed E-state index contributed by atoms with van der Waals surface area (Å²) < 4.78 is 5.87. The normalized spacial score (nSPS) is 56.5. The third-order valence-electron chi connectivity index (χ3n) is 7.85. The molecule has 1 aliphatic heterocycles. The molecule has 1 N–H and O–H groups in total. The lowest BCUT2D eigenvalue weighted by atomic mass is 9.47. The van der Waals surface area contributed by atoms with E-state index in [0.717, 1.165) is 51.4 Å². The Bertz CT molecular complexity index is 475. The minimum atomic E-state index is -0.914. The predicted molar refractivity (Wildman–Crippen MR) is 79.5 cm³/mol. The molecule has 6 atom stereocenters. The second-order valence-electron chi connectivity index (χ2n) is 8.49. The van der Waals surface area contributed by atoms with Gasteiger partial charge >= 0.3 is 0 Å². The molecule has 3 heteroatoms. The van der Waals surface area contributed by atoms with Crippen LogP contribution in [-0.2, 0) is 9.53 Å². The number of hydrogen-bond donors (Lipinski definition) is 1. The molecule has 4 aliphatic rings. The van der Waals surface area contributed by atoms with Crippen LogP contribution in [0, 0.1) is 28.6 Å². The van der Waals surface area contributed by atoms with E-state index in [-0.39, 0.29) is 10.8 Å². The van der Waals surface area contributed by atoms with Gasteiger partial charge < -0.3 is 9.84 Å². The molecule has 0 aromatic carbocycles. The molecular formula is C18H28O3. The molecule has 4 fully saturated rings. The first-order chi connectivity index (χ1) is 9.91. The van der Waals surface area contributed by atoms with Crippen molar-refractivity contribution in [1.29, 1.82) is 0 Å². The van der Waals surface area contributed by atoms with Crippen LogP contribution in [0.2, 0.25) is 0 Å². The van der Waals surface area contributed by atoms with E-state index in [1.54, 1.807) is 0 Å². The van der Waals surface area contributed by atoms with Gasteiger partial charge in [0.1, 0.15) is 5.78 Å². The number of ketones is 1. The zero-order valence-corrected chi connectivity index (χ0v) is 13.4. The van der Waals surface area contributed by atoms with E-state index >= 15 is 0 Å². The largest absolute Gasteiger partial charge is 0.365 e. The van der Waals surface area contributed by atoms with Gasteiger partial charge in [-0.15, -0.1) is 0 Å². The molecule has 0 bridgehead atoms. The highest BCUT2D eigenvalue weighted by Gasteiger charge is 2.64. The summed E-state index contributed by atoms with van der Waals surface area (Å²) in [5.74, 6) is 1.27. The Morgan fingerprint density at radius 3 is 2.71 bits per heavy atom. The van der Waals surface area contributed by atoms with Crippen LogP contribution in [0.25, 0.3) is 0 Å². The van der Waals surface area contributed by atoms with E-state index in [2.05, 4.69) is 13.8 Å². The van der Waals surface area contributed by atoms with Gasteiger partial charge in [0.05, 0.1) is 6.61 Å². The number of rotatable bonds is 0. The average Bonchev–Trinajstić information content (AvgIpc) is 2.76. The van der Waals surface area contributed by atoms with E-state index in [4.69, 9.17) is 4.74 Å². The lowest BCUT2D eigenvalue weighted by Crippen LogP contribution is -2.62. The molecule has 1 saturated heterocycles. The Balaban J connectivity index is 1.69. The number of ether oxygens (including phenoxy) is 1. The fraction of sp³-hybridized carbons (Fsp3) is 0.944. The molecule has 0 spiro atoms. The monoisotopic (exact) mass is 292 g/mol. The summed E-state index contributed by atoms with van der Waals surface area (Å²) >= 11 is 0. The van der Waals surface area contributed by atoms with E-state index in [1.807, 2.05) is 0 Å². The summed E-state index contributed by atoms with van der Waals surface area (Å²) in [6.45, 7) is 5.16. The SMILES string of the molecule is C[C@]12CC[C@H]3[C@@H](CCC4(O)OCCC[C@]34C)[C@@H]1CCC2=O. The van der Waals surface area contributed by atoms with Crippen LogP contribution in [0.4, 0.5) is 0 Å². The molecular weight excluding hydrogens is 264 g/mol. The van der Waals surface area contributed by atoms with E-state index < -0.39 is 5.79 Å². The number of aliphatic hydroxyl groups is 1. The molecule has 3 aliphatic carbocycles. The molecule has 0 radical (unpaired) electrons. The molecule has 3 nitrogen and oxygen atoms in total. The van der Waals surface area contributed by atoms with Gasteiger partial charge in [0, 0.05) is 23.7 Å². The minimum absolute atomic E-state index is 0.0670. The highest BCUT2D eigenvalue weighted by atomic mass is 16.6. The first-order valence-corrected chi connectivity index (χ1v) is 8.80. The van der Waals surface area contributed by atoms with E-state index in [1.165, 1.54) is 0 Å². The zero-order chi connectivity index (χ0) is 14.9. The standard InChI is InChI=1S/C18H28O3/c1-16-9-7-14-12(13(16)4-5-15(16)19)6-10-18(20)17(14,2)8-3-11-21-18/h12-14,20H,3-11H2,1-2H3/t12-,13-,14-,16-,17+,18?/m0/s1. The molecule has 4 rings (SSSR count). The summed E-state index contributed by atoms with van der Waals surface area (Å²) in [6.07, 6.45) is 7.88. The number of carbonyl (C=O) groups excluding carboxylic acids is 1. The number of Topliss-reactive ketones (excluding diaryl/α,β-unsaturated/α-hetero) is 1. The van der Waals surface area contributed by atoms with Crippen molar-refractivity contribution >= 4 is 5.78 Å². The molecule has 0 amide bonds. The first kappa shape index (κ1) is 14.2. The zero-order valence-electron chi connectivity index (χ0n) is 13.4. The molecule has 118 valence electrons. The number of hydrogen-bond acceptors (Lipinski definition) is 3. The van der Waals surface area contributed by atoms with Crippen molar-refractivity contribution < 1.29 is 14.6 Å². The number of carbonyl (C=O) groups is 1. The molecule has 0 aromatic heterocycles. The van der Waals surface area contributed by atoms with E-state index in [0.29, 0.717) is 30.1 Å². The van der Waals surface area contributed by atoms with Crippen LogP contribution in [-0.4, -0.2) is 23.3 Å². The van der Waals surface area contributed by atoms with Crippen LogP contribution < -0.4 is 0 Å². The molecule has 3 saturated carbocycles. The quantitative estimate of drug-likeness (QED) is 0.745. The summed E-state index contributed by atoms with van der Waals surface area (Å²) in [5.41, 5.74) is -0.177. The van der Waals surface area contributed by atoms with Crippen molar-refractivity contribution in [3.8, 4) is 0 Å². The highest BCUT2D eigenvalue weighted by Crippen LogP contribution is 2.65. The summed E-state index contributed by atoms with van der Waals surface area (Å²) in [5, 5.41) is 11.1. The smallest absolute Gasteiger partial charge is 0.171 e. The van der Waals surface area contributed by atoms with Gasteiger partial charge in [-0.05, 0) is 56.3 Å². The maximum atomic E-state index is 12.4. The highest BCUT2D eigenvalue weighted by molar-refractivity contribution is 5.87. The van der Waals surface area contributed by atoms with Crippen molar-refractivity contribution in [3.63, 3.8) is 0 Å². The fourth-order valence-electron chi connectivity index (χ4n) is 6.49. The first-order valence-electron chi connectivity index (χ1n) is 8.80. The third kappa shape index (κ3) is 1.65.